The van der Waals surface area contributed by atoms with E-state index in [0.717, 1.165) is 44.9 Å². The third kappa shape index (κ3) is 5.82. The van der Waals surface area contributed by atoms with Gasteiger partial charge >= 0.3 is 0 Å². The molecule has 0 amide bonds. The molecule has 3 aliphatic rings. The van der Waals surface area contributed by atoms with Crippen molar-refractivity contribution in [3.05, 3.63) is 77.0 Å². The molecule has 2 aliphatic heterocycles. The van der Waals surface area contributed by atoms with Gasteiger partial charge in [0.15, 0.2) is 11.5 Å². The van der Waals surface area contributed by atoms with Crippen LogP contribution in [0.2, 0.25) is 0 Å². The van der Waals surface area contributed by atoms with E-state index in [-0.39, 0.29) is 29.7 Å². The van der Waals surface area contributed by atoms with Gasteiger partial charge in [-0.3, -0.25) is 9.69 Å². The molecule has 3 aromatic heterocycles. The molecule has 2 saturated heterocycles. The lowest BCUT2D eigenvalue weighted by molar-refractivity contribution is -0.143. The SMILES string of the molecule is C=CCn1c(=O)c2cnc(NC3=CC(C)C(N4CCOC5(CCCN(C)C5)C4)C=C3)nc2n1-c1cccc(C(C)(C)O)n1. The van der Waals surface area contributed by atoms with Gasteiger partial charge < -0.3 is 20.1 Å². The Morgan fingerprint density at radius 1 is 1.26 bits per heavy atom. The molecule has 11 heteroatoms. The molecule has 0 radical (unpaired) electrons. The third-order valence-corrected chi connectivity index (χ3v) is 8.70. The van der Waals surface area contributed by atoms with Crippen LogP contribution in [0.25, 0.3) is 16.9 Å². The van der Waals surface area contributed by atoms with Crippen molar-refractivity contribution < 1.29 is 9.84 Å². The first-order valence-electron chi connectivity index (χ1n) is 15.1. The van der Waals surface area contributed by atoms with Gasteiger partial charge in [-0.05, 0) is 64.4 Å². The first-order valence-corrected chi connectivity index (χ1v) is 15.1. The van der Waals surface area contributed by atoms with Gasteiger partial charge in [-0.2, -0.15) is 4.98 Å². The van der Waals surface area contributed by atoms with Gasteiger partial charge in [0.1, 0.15) is 11.0 Å². The number of aromatic nitrogens is 5. The molecule has 11 nitrogen and oxygen atoms in total. The fourth-order valence-corrected chi connectivity index (χ4v) is 6.67. The monoisotopic (exact) mass is 586 g/mol. The molecule has 228 valence electrons. The molecular formula is C32H42N8O3. The summed E-state index contributed by atoms with van der Waals surface area (Å²) in [6.45, 7) is 14.4. The van der Waals surface area contributed by atoms with E-state index in [9.17, 15) is 9.90 Å². The van der Waals surface area contributed by atoms with Crippen LogP contribution in [0.3, 0.4) is 0 Å². The van der Waals surface area contributed by atoms with E-state index in [1.54, 1.807) is 42.9 Å². The maximum absolute atomic E-state index is 13.3. The first kappa shape index (κ1) is 29.4. The lowest BCUT2D eigenvalue weighted by atomic mass is 9.88. The maximum atomic E-state index is 13.3. The van der Waals surface area contributed by atoms with Crippen molar-refractivity contribution in [1.82, 2.24) is 34.1 Å². The number of likely N-dealkylation sites (tertiary alicyclic amines) is 1. The number of piperidine rings is 1. The molecule has 5 heterocycles. The van der Waals surface area contributed by atoms with Crippen molar-refractivity contribution in [3.8, 4) is 5.82 Å². The largest absolute Gasteiger partial charge is 0.384 e. The highest BCUT2D eigenvalue weighted by molar-refractivity contribution is 5.76. The molecule has 2 N–H and O–H groups in total. The molecule has 3 unspecified atom stereocenters. The molecule has 6 rings (SSSR count). The van der Waals surface area contributed by atoms with Gasteiger partial charge in [0.2, 0.25) is 5.95 Å². The molecule has 0 bridgehead atoms. The van der Waals surface area contributed by atoms with E-state index in [2.05, 4.69) is 63.9 Å². The summed E-state index contributed by atoms with van der Waals surface area (Å²) in [6.07, 6.45) is 12.1. The van der Waals surface area contributed by atoms with Crippen LogP contribution in [-0.4, -0.2) is 90.7 Å². The molecule has 3 aromatic rings. The molecule has 1 spiro atoms. The van der Waals surface area contributed by atoms with Crippen LogP contribution in [0.4, 0.5) is 5.95 Å². The van der Waals surface area contributed by atoms with Crippen molar-refractivity contribution in [2.75, 3.05) is 45.2 Å². The van der Waals surface area contributed by atoms with Crippen molar-refractivity contribution in [2.24, 2.45) is 5.92 Å². The van der Waals surface area contributed by atoms with E-state index >= 15 is 0 Å². The van der Waals surface area contributed by atoms with Crippen LogP contribution in [0.15, 0.2) is 65.8 Å². The number of hydrogen-bond acceptors (Lipinski definition) is 9. The number of likely N-dealkylation sites (N-methyl/N-ethyl adjacent to an activating group) is 1. The zero-order valence-electron chi connectivity index (χ0n) is 25.5. The maximum Gasteiger partial charge on any atom is 0.278 e. The predicted molar refractivity (Wildman–Crippen MR) is 167 cm³/mol. The average Bonchev–Trinajstić information content (AvgIpc) is 3.23. The number of anilines is 1. The second-order valence-electron chi connectivity index (χ2n) is 12.7. The number of nitrogens with zero attached hydrogens (tertiary/aromatic N) is 7. The van der Waals surface area contributed by atoms with Crippen LogP contribution in [0, 0.1) is 5.92 Å². The van der Waals surface area contributed by atoms with E-state index in [1.165, 1.54) is 11.1 Å². The predicted octanol–water partition coefficient (Wildman–Crippen LogP) is 3.06. The Morgan fingerprint density at radius 3 is 2.84 bits per heavy atom. The summed E-state index contributed by atoms with van der Waals surface area (Å²) in [5.41, 5.74) is 0.352. The number of morpholine rings is 1. The number of nitrogens with one attached hydrogen (secondary N) is 1. The zero-order valence-corrected chi connectivity index (χ0v) is 25.5. The molecule has 0 aromatic carbocycles. The number of allylic oxidation sites excluding steroid dienone is 2. The summed E-state index contributed by atoms with van der Waals surface area (Å²) >= 11 is 0. The number of rotatable bonds is 7. The molecule has 2 fully saturated rings. The Kier molecular flexibility index (Phi) is 7.84. The van der Waals surface area contributed by atoms with Gasteiger partial charge in [0.25, 0.3) is 5.56 Å². The topological polar surface area (TPSA) is 114 Å². The van der Waals surface area contributed by atoms with Crippen LogP contribution in [0.5, 0.6) is 0 Å². The number of ether oxygens (including phenoxy) is 1. The summed E-state index contributed by atoms with van der Waals surface area (Å²) in [5.74, 6) is 1.13. The van der Waals surface area contributed by atoms with Gasteiger partial charge in [0.05, 0.1) is 24.4 Å². The standard InChI is InChI=1S/C32H42N8O3/c1-6-14-39-29(41)24-19-33-30(36-28(24)40(39)27-10-7-9-26(35-27)31(3,4)42)34-23-11-12-25(22(2)18-23)38-16-17-43-32(21-38)13-8-15-37(5)20-32/h6-7,9-12,18-19,22,25,42H,1,8,13-17,20-21H2,2-5H3,(H,33,34,36). The molecule has 1 aliphatic carbocycles. The number of hydrogen-bond donors (Lipinski definition) is 2. The second kappa shape index (κ2) is 11.5. The minimum absolute atomic E-state index is 0.0800. The van der Waals surface area contributed by atoms with E-state index in [4.69, 9.17) is 9.72 Å². The number of pyridine rings is 1. The Hall–Kier alpha value is -3.64. The number of fused-ring (bicyclic) bond motifs is 1. The minimum atomic E-state index is -1.15. The molecule has 3 atom stereocenters. The summed E-state index contributed by atoms with van der Waals surface area (Å²) in [4.78, 5) is 32.2. The van der Waals surface area contributed by atoms with Crippen LogP contribution >= 0.6 is 0 Å². The van der Waals surface area contributed by atoms with Crippen molar-refractivity contribution >= 4 is 17.0 Å². The fraction of sp³-hybridized carbons (Fsp3) is 0.500. The first-order chi connectivity index (χ1) is 20.6. The third-order valence-electron chi connectivity index (χ3n) is 8.70. The summed E-state index contributed by atoms with van der Waals surface area (Å²) in [7, 11) is 2.18. The summed E-state index contributed by atoms with van der Waals surface area (Å²) in [5, 5.41) is 14.3. The smallest absolute Gasteiger partial charge is 0.278 e. The highest BCUT2D eigenvalue weighted by atomic mass is 16.5. The Morgan fingerprint density at radius 2 is 2.09 bits per heavy atom. The summed E-state index contributed by atoms with van der Waals surface area (Å²) in [6, 6.07) is 5.64. The van der Waals surface area contributed by atoms with E-state index < -0.39 is 5.60 Å². The second-order valence-corrected chi connectivity index (χ2v) is 12.7. The van der Waals surface area contributed by atoms with Gasteiger partial charge in [-0.1, -0.05) is 31.2 Å². The highest BCUT2D eigenvalue weighted by Crippen LogP contribution is 2.32. The normalized spacial score (nSPS) is 25.3. The van der Waals surface area contributed by atoms with Crippen molar-refractivity contribution in [2.45, 2.75) is 57.4 Å². The van der Waals surface area contributed by atoms with Crippen molar-refractivity contribution in [1.29, 1.82) is 0 Å². The van der Waals surface area contributed by atoms with Gasteiger partial charge in [0, 0.05) is 37.6 Å². The quantitative estimate of drug-likeness (QED) is 0.403. The lowest BCUT2D eigenvalue weighted by Gasteiger charge is -2.49. The lowest BCUT2D eigenvalue weighted by Crippen LogP contribution is -2.61. The fourth-order valence-electron chi connectivity index (χ4n) is 6.67. The van der Waals surface area contributed by atoms with Crippen LogP contribution < -0.4 is 10.9 Å². The van der Waals surface area contributed by atoms with Gasteiger partial charge in [-0.25, -0.2) is 19.3 Å². The van der Waals surface area contributed by atoms with Crippen LogP contribution in [-0.2, 0) is 16.9 Å². The minimum Gasteiger partial charge on any atom is -0.384 e. The van der Waals surface area contributed by atoms with Gasteiger partial charge in [-0.15, -0.1) is 6.58 Å². The molecular weight excluding hydrogens is 544 g/mol. The Labute approximate surface area is 252 Å². The molecule has 43 heavy (non-hydrogen) atoms. The Balaban J connectivity index is 1.26. The van der Waals surface area contributed by atoms with E-state index in [1.807, 2.05) is 6.07 Å². The highest BCUT2D eigenvalue weighted by Gasteiger charge is 2.41. The average molecular weight is 587 g/mol. The van der Waals surface area contributed by atoms with E-state index in [0.29, 0.717) is 28.5 Å². The van der Waals surface area contributed by atoms with Crippen molar-refractivity contribution in [3.63, 3.8) is 0 Å². The number of aliphatic hydroxyl groups is 1. The molecule has 0 saturated carbocycles. The van der Waals surface area contributed by atoms with Crippen LogP contribution in [0.1, 0.15) is 39.3 Å². The Bertz CT molecular complexity index is 1630. The zero-order chi connectivity index (χ0) is 30.4. The summed E-state index contributed by atoms with van der Waals surface area (Å²) < 4.78 is 9.55.